The molecule has 2 atom stereocenters. The van der Waals surface area contributed by atoms with Crippen molar-refractivity contribution < 1.29 is 9.59 Å². The summed E-state index contributed by atoms with van der Waals surface area (Å²) < 4.78 is 1.78. The summed E-state index contributed by atoms with van der Waals surface area (Å²) in [5.74, 6) is 0.326. The molecule has 1 aromatic heterocycles. The fourth-order valence-electron chi connectivity index (χ4n) is 4.13. The minimum atomic E-state index is -0.0885. The third-order valence-corrected chi connectivity index (χ3v) is 5.74. The van der Waals surface area contributed by atoms with Crippen LogP contribution in [0, 0.1) is 5.92 Å². The largest absolute Gasteiger partial charge is 0.352 e. The number of hydrogen-bond donors (Lipinski definition) is 2. The van der Waals surface area contributed by atoms with Gasteiger partial charge in [-0.2, -0.15) is 5.10 Å². The Hall–Kier alpha value is -2.38. The molecule has 2 aromatic rings. The van der Waals surface area contributed by atoms with Gasteiger partial charge >= 0.3 is 0 Å². The van der Waals surface area contributed by atoms with E-state index in [1.807, 2.05) is 48.6 Å². The molecule has 0 aliphatic carbocycles. The molecule has 2 aliphatic heterocycles. The van der Waals surface area contributed by atoms with E-state index in [1.54, 1.807) is 4.68 Å². The Morgan fingerprint density at radius 3 is 2.72 bits per heavy atom. The normalized spacial score (nSPS) is 21.7. The highest BCUT2D eigenvalue weighted by Crippen LogP contribution is 2.28. The molecule has 0 unspecified atom stereocenters. The highest BCUT2D eigenvalue weighted by atomic mass is 35.5. The third-order valence-electron chi connectivity index (χ3n) is 5.74. The minimum absolute atomic E-state index is 0. The van der Waals surface area contributed by atoms with E-state index in [0.29, 0.717) is 19.5 Å². The van der Waals surface area contributed by atoms with Gasteiger partial charge in [-0.05, 0) is 36.1 Å². The van der Waals surface area contributed by atoms with E-state index in [1.165, 1.54) is 0 Å². The van der Waals surface area contributed by atoms with Gasteiger partial charge in [0, 0.05) is 57.4 Å². The zero-order valence-electron chi connectivity index (χ0n) is 16.6. The number of benzene rings is 1. The summed E-state index contributed by atoms with van der Waals surface area (Å²) in [5.41, 5.74) is 3.07. The fourth-order valence-corrected chi connectivity index (χ4v) is 4.13. The molecule has 0 radical (unpaired) electrons. The van der Waals surface area contributed by atoms with Crippen LogP contribution in [0.1, 0.15) is 36.3 Å². The van der Waals surface area contributed by atoms with E-state index in [0.717, 1.165) is 42.7 Å². The minimum Gasteiger partial charge on any atom is -0.352 e. The fraction of sp³-hybridized carbons (Fsp3) is 0.476. The van der Waals surface area contributed by atoms with Crippen molar-refractivity contribution in [3.63, 3.8) is 0 Å². The average molecular weight is 418 g/mol. The molecule has 2 N–H and O–H groups in total. The van der Waals surface area contributed by atoms with Crippen LogP contribution in [0.25, 0.3) is 0 Å². The van der Waals surface area contributed by atoms with Crippen LogP contribution >= 0.6 is 12.4 Å². The van der Waals surface area contributed by atoms with Crippen molar-refractivity contribution in [2.45, 2.75) is 31.7 Å². The summed E-state index contributed by atoms with van der Waals surface area (Å²) in [6, 6.07) is 7.92. The summed E-state index contributed by atoms with van der Waals surface area (Å²) in [7, 11) is 1.89. The number of nitrogens with zero attached hydrogens (tertiary/aromatic N) is 3. The van der Waals surface area contributed by atoms with Crippen LogP contribution in [0.5, 0.6) is 0 Å². The lowest BCUT2D eigenvalue weighted by atomic mass is 9.90. The Kier molecular flexibility index (Phi) is 6.92. The van der Waals surface area contributed by atoms with Crippen molar-refractivity contribution in [1.82, 2.24) is 20.4 Å². The van der Waals surface area contributed by atoms with E-state index in [4.69, 9.17) is 0 Å². The standard InChI is InChI=1S/C21H27N5O2.ClH/c1-25-14-16(11-24-25)18-12-22-13-19(18)21(28)23-10-15-5-7-17(8-6-15)26-9-3-2-4-20(26)27;/h5-8,11,14,18-19,22H,2-4,9-10,12-13H2,1H3,(H,23,28);1H/t18-,19+;/m1./s1. The molecule has 0 spiro atoms. The molecule has 8 heteroatoms. The highest BCUT2D eigenvalue weighted by molar-refractivity contribution is 5.94. The number of piperidine rings is 1. The molecule has 2 amide bonds. The Morgan fingerprint density at radius 1 is 1.24 bits per heavy atom. The predicted molar refractivity (Wildman–Crippen MR) is 114 cm³/mol. The quantitative estimate of drug-likeness (QED) is 0.779. The van der Waals surface area contributed by atoms with Crippen molar-refractivity contribution >= 4 is 29.9 Å². The van der Waals surface area contributed by atoms with Gasteiger partial charge in [0.25, 0.3) is 0 Å². The molecule has 2 saturated heterocycles. The molecule has 7 nitrogen and oxygen atoms in total. The van der Waals surface area contributed by atoms with Gasteiger partial charge in [0.1, 0.15) is 0 Å². The Morgan fingerprint density at radius 2 is 2.03 bits per heavy atom. The molecule has 2 fully saturated rings. The van der Waals surface area contributed by atoms with Crippen LogP contribution in [0.4, 0.5) is 5.69 Å². The summed E-state index contributed by atoms with van der Waals surface area (Å²) in [5, 5.41) is 10.6. The molecule has 0 saturated carbocycles. The SMILES string of the molecule is Cl.Cn1cc([C@H]2CNC[C@@H]2C(=O)NCc2ccc(N3CCCCC3=O)cc2)cn1. The first-order valence-electron chi connectivity index (χ1n) is 9.98. The van der Waals surface area contributed by atoms with Gasteiger partial charge in [-0.25, -0.2) is 0 Å². The number of carbonyl (C=O) groups is 2. The van der Waals surface area contributed by atoms with E-state index in [9.17, 15) is 9.59 Å². The van der Waals surface area contributed by atoms with Crippen molar-refractivity contribution in [1.29, 1.82) is 0 Å². The number of aryl methyl sites for hydroxylation is 1. The maximum Gasteiger partial charge on any atom is 0.226 e. The number of anilines is 1. The van der Waals surface area contributed by atoms with Crippen LogP contribution in [0.3, 0.4) is 0 Å². The Balaban J connectivity index is 0.00000240. The van der Waals surface area contributed by atoms with E-state index in [-0.39, 0.29) is 36.1 Å². The number of rotatable bonds is 5. The van der Waals surface area contributed by atoms with Crippen molar-refractivity contribution in [2.24, 2.45) is 13.0 Å². The first kappa shape index (κ1) is 21.3. The Bertz CT molecular complexity index is 851. The Labute approximate surface area is 177 Å². The van der Waals surface area contributed by atoms with Gasteiger partial charge in [0.15, 0.2) is 0 Å². The molecule has 2 aliphatic rings. The molecule has 1 aromatic carbocycles. The van der Waals surface area contributed by atoms with Crippen LogP contribution in [0.15, 0.2) is 36.7 Å². The van der Waals surface area contributed by atoms with Crippen molar-refractivity contribution in [3.8, 4) is 0 Å². The zero-order valence-corrected chi connectivity index (χ0v) is 17.5. The van der Waals surface area contributed by atoms with Crippen LogP contribution in [-0.4, -0.2) is 41.2 Å². The number of amides is 2. The molecule has 29 heavy (non-hydrogen) atoms. The summed E-state index contributed by atoms with van der Waals surface area (Å²) in [6.45, 7) is 2.76. The maximum atomic E-state index is 12.7. The van der Waals surface area contributed by atoms with Gasteiger partial charge in [0.05, 0.1) is 12.1 Å². The second-order valence-electron chi connectivity index (χ2n) is 7.71. The lowest BCUT2D eigenvalue weighted by molar-refractivity contribution is -0.125. The number of nitrogens with one attached hydrogen (secondary N) is 2. The summed E-state index contributed by atoms with van der Waals surface area (Å²) in [6.07, 6.45) is 6.50. The van der Waals surface area contributed by atoms with Gasteiger partial charge in [0.2, 0.25) is 11.8 Å². The molecule has 156 valence electrons. The van der Waals surface area contributed by atoms with Gasteiger partial charge in [-0.3, -0.25) is 14.3 Å². The molecular weight excluding hydrogens is 390 g/mol. The molecule has 0 bridgehead atoms. The highest BCUT2D eigenvalue weighted by Gasteiger charge is 2.34. The predicted octanol–water partition coefficient (Wildman–Crippen LogP) is 1.98. The van der Waals surface area contributed by atoms with E-state index < -0.39 is 0 Å². The van der Waals surface area contributed by atoms with Crippen LogP contribution < -0.4 is 15.5 Å². The van der Waals surface area contributed by atoms with Crippen LogP contribution in [0.2, 0.25) is 0 Å². The third kappa shape index (κ3) is 4.79. The number of halogens is 1. The number of hydrogen-bond acceptors (Lipinski definition) is 4. The second-order valence-corrected chi connectivity index (χ2v) is 7.71. The van der Waals surface area contributed by atoms with E-state index in [2.05, 4.69) is 15.7 Å². The maximum absolute atomic E-state index is 12.7. The number of aromatic nitrogens is 2. The van der Waals surface area contributed by atoms with Crippen molar-refractivity contribution in [3.05, 3.63) is 47.8 Å². The molecule has 4 rings (SSSR count). The lowest BCUT2D eigenvalue weighted by Crippen LogP contribution is -2.35. The van der Waals surface area contributed by atoms with Gasteiger partial charge < -0.3 is 15.5 Å². The average Bonchev–Trinajstić information content (AvgIpc) is 3.36. The van der Waals surface area contributed by atoms with Gasteiger partial charge in [-0.1, -0.05) is 12.1 Å². The second kappa shape index (κ2) is 9.41. The monoisotopic (exact) mass is 417 g/mol. The first-order chi connectivity index (χ1) is 13.6. The number of carbonyl (C=O) groups excluding carboxylic acids is 2. The van der Waals surface area contributed by atoms with E-state index >= 15 is 0 Å². The lowest BCUT2D eigenvalue weighted by Gasteiger charge is -2.26. The topological polar surface area (TPSA) is 79.3 Å². The molecule has 3 heterocycles. The zero-order chi connectivity index (χ0) is 19.5. The van der Waals surface area contributed by atoms with Gasteiger partial charge in [-0.15, -0.1) is 12.4 Å². The first-order valence-corrected chi connectivity index (χ1v) is 9.98. The summed E-state index contributed by atoms with van der Waals surface area (Å²) >= 11 is 0. The molecular formula is C21H28ClN5O2. The van der Waals surface area contributed by atoms with Crippen LogP contribution in [-0.2, 0) is 23.2 Å². The smallest absolute Gasteiger partial charge is 0.226 e. The van der Waals surface area contributed by atoms with Crippen molar-refractivity contribution in [2.75, 3.05) is 24.5 Å². The summed E-state index contributed by atoms with van der Waals surface area (Å²) in [4.78, 5) is 26.6.